The highest BCUT2D eigenvalue weighted by atomic mass is 15.3. The van der Waals surface area contributed by atoms with Crippen LogP contribution in [0.5, 0.6) is 0 Å². The summed E-state index contributed by atoms with van der Waals surface area (Å²) in [5.74, 6) is 3.82. The van der Waals surface area contributed by atoms with Crippen molar-refractivity contribution in [3.63, 3.8) is 0 Å². The Morgan fingerprint density at radius 1 is 1.08 bits per heavy atom. The zero-order valence-corrected chi connectivity index (χ0v) is 16.0. The zero-order valence-electron chi connectivity index (χ0n) is 16.0. The lowest BCUT2D eigenvalue weighted by atomic mass is 9.99. The summed E-state index contributed by atoms with van der Waals surface area (Å²) >= 11 is 0. The minimum atomic E-state index is 0.781. The monoisotopic (exact) mass is 343 g/mol. The van der Waals surface area contributed by atoms with Crippen LogP contribution >= 0.6 is 0 Å². The molecule has 0 bridgehead atoms. The van der Waals surface area contributed by atoms with Gasteiger partial charge in [0.2, 0.25) is 0 Å². The summed E-state index contributed by atoms with van der Waals surface area (Å²) in [5.41, 5.74) is 1.21. The first kappa shape index (κ1) is 18.0. The number of anilines is 1. The Labute approximate surface area is 152 Å². The third-order valence-corrected chi connectivity index (χ3v) is 5.66. The summed E-state index contributed by atoms with van der Waals surface area (Å²) in [6.07, 6.45) is 7.06. The molecule has 0 radical (unpaired) electrons. The Balaban J connectivity index is 1.51. The highest BCUT2D eigenvalue weighted by Crippen LogP contribution is 2.21. The van der Waals surface area contributed by atoms with E-state index in [1.165, 1.54) is 31.2 Å². The van der Waals surface area contributed by atoms with E-state index in [1.807, 2.05) is 13.2 Å². The van der Waals surface area contributed by atoms with E-state index >= 15 is 0 Å². The molecule has 0 amide bonds. The van der Waals surface area contributed by atoms with Crippen LogP contribution in [0.1, 0.15) is 45.1 Å². The number of nitrogens with zero attached hydrogens (tertiary/aromatic N) is 4. The van der Waals surface area contributed by atoms with E-state index in [4.69, 9.17) is 0 Å². The van der Waals surface area contributed by atoms with Crippen LogP contribution < -0.4 is 10.2 Å². The third-order valence-electron chi connectivity index (χ3n) is 5.66. The molecule has 138 valence electrons. The van der Waals surface area contributed by atoms with E-state index in [0.29, 0.717) is 0 Å². The van der Waals surface area contributed by atoms with Crippen molar-refractivity contribution in [3.05, 3.63) is 23.9 Å². The molecule has 5 nitrogen and oxygen atoms in total. The van der Waals surface area contributed by atoms with Crippen molar-refractivity contribution in [2.45, 2.75) is 46.1 Å². The smallest absolute Gasteiger partial charge is 0.193 e. The lowest BCUT2D eigenvalue weighted by Crippen LogP contribution is -2.45. The van der Waals surface area contributed by atoms with Gasteiger partial charge in [-0.15, -0.1) is 0 Å². The van der Waals surface area contributed by atoms with Gasteiger partial charge < -0.3 is 15.1 Å². The molecule has 0 aromatic carbocycles. The topological polar surface area (TPSA) is 43.8 Å². The van der Waals surface area contributed by atoms with Crippen molar-refractivity contribution in [3.8, 4) is 0 Å². The number of piperidine rings is 2. The number of aromatic nitrogens is 1. The summed E-state index contributed by atoms with van der Waals surface area (Å²) in [6, 6.07) is 4.36. The van der Waals surface area contributed by atoms with Crippen molar-refractivity contribution >= 4 is 11.8 Å². The Bertz CT molecular complexity index is 552. The molecule has 0 aliphatic carbocycles. The van der Waals surface area contributed by atoms with Crippen molar-refractivity contribution in [1.82, 2.24) is 15.2 Å². The highest BCUT2D eigenvalue weighted by molar-refractivity contribution is 5.79. The molecule has 5 heteroatoms. The predicted octanol–water partition coefficient (Wildman–Crippen LogP) is 3.13. The van der Waals surface area contributed by atoms with E-state index in [0.717, 1.165) is 56.3 Å². The zero-order chi connectivity index (χ0) is 17.6. The van der Waals surface area contributed by atoms with E-state index in [-0.39, 0.29) is 0 Å². The molecule has 25 heavy (non-hydrogen) atoms. The van der Waals surface area contributed by atoms with Gasteiger partial charge in [-0.3, -0.25) is 4.99 Å². The molecule has 1 N–H and O–H groups in total. The maximum Gasteiger partial charge on any atom is 0.193 e. The molecule has 0 spiro atoms. The number of hydrogen-bond donors (Lipinski definition) is 1. The van der Waals surface area contributed by atoms with Crippen LogP contribution in [-0.2, 0) is 6.54 Å². The first-order valence-corrected chi connectivity index (χ1v) is 9.81. The van der Waals surface area contributed by atoms with Crippen molar-refractivity contribution < 1.29 is 0 Å². The van der Waals surface area contributed by atoms with Gasteiger partial charge in [-0.1, -0.05) is 19.9 Å². The second-order valence-corrected chi connectivity index (χ2v) is 7.76. The number of rotatable bonds is 3. The quantitative estimate of drug-likeness (QED) is 0.676. The highest BCUT2D eigenvalue weighted by Gasteiger charge is 2.19. The summed E-state index contributed by atoms with van der Waals surface area (Å²) in [7, 11) is 1.87. The minimum absolute atomic E-state index is 0.781. The van der Waals surface area contributed by atoms with Crippen LogP contribution in [0.15, 0.2) is 23.3 Å². The number of guanidine groups is 1. The summed E-state index contributed by atoms with van der Waals surface area (Å²) in [5, 5.41) is 3.50. The van der Waals surface area contributed by atoms with Crippen LogP contribution in [0.2, 0.25) is 0 Å². The van der Waals surface area contributed by atoms with Crippen LogP contribution in [0.4, 0.5) is 5.82 Å². The summed E-state index contributed by atoms with van der Waals surface area (Å²) in [6.45, 7) is 9.93. The Morgan fingerprint density at radius 2 is 1.72 bits per heavy atom. The van der Waals surface area contributed by atoms with E-state index in [1.54, 1.807) is 0 Å². The van der Waals surface area contributed by atoms with E-state index in [9.17, 15) is 0 Å². The second-order valence-electron chi connectivity index (χ2n) is 7.76. The summed E-state index contributed by atoms with van der Waals surface area (Å²) in [4.78, 5) is 13.9. The van der Waals surface area contributed by atoms with Gasteiger partial charge in [0, 0.05) is 46.0 Å². The van der Waals surface area contributed by atoms with Crippen LogP contribution in [0, 0.1) is 11.8 Å². The molecule has 2 fully saturated rings. The molecule has 2 saturated heterocycles. The molecule has 1 aromatic rings. The molecule has 1 aromatic heterocycles. The second kappa shape index (κ2) is 8.54. The van der Waals surface area contributed by atoms with Gasteiger partial charge in [-0.2, -0.15) is 0 Å². The lowest BCUT2D eigenvalue weighted by molar-refractivity contribution is 0.273. The minimum Gasteiger partial charge on any atom is -0.357 e. The largest absolute Gasteiger partial charge is 0.357 e. The van der Waals surface area contributed by atoms with Crippen molar-refractivity contribution in [2.75, 3.05) is 38.1 Å². The predicted molar refractivity (Wildman–Crippen MR) is 105 cm³/mol. The molecule has 2 aliphatic rings. The number of nitrogens with one attached hydrogen (secondary N) is 1. The Morgan fingerprint density at radius 3 is 2.28 bits per heavy atom. The molecule has 3 heterocycles. The maximum absolute atomic E-state index is 4.69. The number of pyridine rings is 1. The van der Waals surface area contributed by atoms with Crippen molar-refractivity contribution in [2.24, 2.45) is 16.8 Å². The van der Waals surface area contributed by atoms with Crippen LogP contribution in [0.3, 0.4) is 0 Å². The maximum atomic E-state index is 4.69. The van der Waals surface area contributed by atoms with E-state index in [2.05, 4.69) is 51.1 Å². The van der Waals surface area contributed by atoms with Gasteiger partial charge in [0.1, 0.15) is 5.82 Å². The molecular formula is C20H33N5. The SMILES string of the molecule is CN=C(NCc1ccc(N2CCC(C)CC2)nc1)N1CCC(C)CC1. The molecular weight excluding hydrogens is 310 g/mol. The number of hydrogen-bond acceptors (Lipinski definition) is 3. The van der Waals surface area contributed by atoms with Gasteiger partial charge in [0.25, 0.3) is 0 Å². The molecule has 2 aliphatic heterocycles. The molecule has 0 saturated carbocycles. The average molecular weight is 344 g/mol. The van der Waals surface area contributed by atoms with Gasteiger partial charge in [-0.05, 0) is 49.1 Å². The fourth-order valence-corrected chi connectivity index (χ4v) is 3.68. The summed E-state index contributed by atoms with van der Waals surface area (Å²) < 4.78 is 0. The molecule has 3 rings (SSSR count). The first-order valence-electron chi connectivity index (χ1n) is 9.81. The third kappa shape index (κ3) is 4.86. The van der Waals surface area contributed by atoms with Crippen LogP contribution in [0.25, 0.3) is 0 Å². The number of aliphatic imine (C=N–C) groups is 1. The Hall–Kier alpha value is -1.78. The standard InChI is InChI=1S/C20H33N5/c1-16-6-10-24(11-7-16)19-5-4-18(14-22-19)15-23-20(21-3)25-12-8-17(2)9-13-25/h4-5,14,16-17H,6-13,15H2,1-3H3,(H,21,23). The fraction of sp³-hybridized carbons (Fsp3) is 0.700. The average Bonchev–Trinajstić information content (AvgIpc) is 2.65. The van der Waals surface area contributed by atoms with E-state index < -0.39 is 0 Å². The molecule has 0 unspecified atom stereocenters. The van der Waals surface area contributed by atoms with Gasteiger partial charge in [0.05, 0.1) is 0 Å². The first-order chi connectivity index (χ1) is 12.2. The van der Waals surface area contributed by atoms with Crippen LogP contribution in [-0.4, -0.2) is 49.1 Å². The number of likely N-dealkylation sites (tertiary alicyclic amines) is 1. The van der Waals surface area contributed by atoms with Gasteiger partial charge >= 0.3 is 0 Å². The normalized spacial score (nSPS) is 20.8. The van der Waals surface area contributed by atoms with Gasteiger partial charge in [-0.25, -0.2) is 4.98 Å². The van der Waals surface area contributed by atoms with Crippen molar-refractivity contribution in [1.29, 1.82) is 0 Å². The van der Waals surface area contributed by atoms with Gasteiger partial charge in [0.15, 0.2) is 5.96 Å². The Kier molecular flexibility index (Phi) is 6.16. The molecule has 0 atom stereocenters. The lowest BCUT2D eigenvalue weighted by Gasteiger charge is -2.33. The fourth-order valence-electron chi connectivity index (χ4n) is 3.68.